The van der Waals surface area contributed by atoms with E-state index in [0.717, 1.165) is 19.4 Å². The first-order valence-electron chi connectivity index (χ1n) is 7.61. The van der Waals surface area contributed by atoms with Crippen molar-refractivity contribution in [1.82, 2.24) is 10.2 Å². The van der Waals surface area contributed by atoms with Gasteiger partial charge in [0.2, 0.25) is 5.91 Å². The van der Waals surface area contributed by atoms with Gasteiger partial charge in [0, 0.05) is 13.2 Å². The Hall–Kier alpha value is -0.610. The Morgan fingerprint density at radius 1 is 1.32 bits per heavy atom. The highest BCUT2D eigenvalue weighted by Crippen LogP contribution is 2.19. The quantitative estimate of drug-likeness (QED) is 0.688. The monoisotopic (exact) mass is 270 g/mol. The average molecular weight is 270 g/mol. The van der Waals surface area contributed by atoms with Crippen LogP contribution in [0.4, 0.5) is 0 Å². The second-order valence-electron chi connectivity index (χ2n) is 6.19. The van der Waals surface area contributed by atoms with Gasteiger partial charge >= 0.3 is 0 Å². The fourth-order valence-corrected chi connectivity index (χ4v) is 2.44. The molecule has 1 amide bonds. The zero-order valence-electron chi connectivity index (χ0n) is 13.1. The van der Waals surface area contributed by atoms with Crippen molar-refractivity contribution in [2.75, 3.05) is 19.8 Å². The van der Waals surface area contributed by atoms with Crippen molar-refractivity contribution in [2.24, 2.45) is 11.8 Å². The van der Waals surface area contributed by atoms with E-state index in [9.17, 15) is 4.79 Å². The Morgan fingerprint density at radius 2 is 2.00 bits per heavy atom. The summed E-state index contributed by atoms with van der Waals surface area (Å²) in [5.74, 6) is 1.12. The molecule has 0 aliphatic carbocycles. The molecule has 1 rings (SSSR count). The Bertz CT molecular complexity index is 279. The molecular formula is C15H30N2O2. The number of carbonyl (C=O) groups excluding carboxylic acids is 1. The average Bonchev–Trinajstić information content (AvgIpc) is 2.63. The smallest absolute Gasteiger partial charge is 0.241 e. The minimum atomic E-state index is -0.0263. The van der Waals surface area contributed by atoms with Crippen LogP contribution in [-0.4, -0.2) is 42.8 Å². The minimum Gasteiger partial charge on any atom is -0.379 e. The van der Waals surface area contributed by atoms with Crippen LogP contribution in [0, 0.1) is 11.8 Å². The lowest BCUT2D eigenvalue weighted by molar-refractivity contribution is -0.131. The summed E-state index contributed by atoms with van der Waals surface area (Å²) in [6.45, 7) is 12.7. The summed E-state index contributed by atoms with van der Waals surface area (Å²) >= 11 is 0. The fourth-order valence-electron chi connectivity index (χ4n) is 2.44. The third-order valence-electron chi connectivity index (χ3n) is 3.45. The largest absolute Gasteiger partial charge is 0.379 e. The molecule has 1 N–H and O–H groups in total. The Labute approximate surface area is 117 Å². The topological polar surface area (TPSA) is 41.6 Å². The van der Waals surface area contributed by atoms with Crippen LogP contribution < -0.4 is 5.32 Å². The number of hydrogen-bond acceptors (Lipinski definition) is 3. The van der Waals surface area contributed by atoms with Gasteiger partial charge in [-0.25, -0.2) is 0 Å². The molecule has 4 nitrogen and oxygen atoms in total. The molecule has 0 radical (unpaired) electrons. The number of hydrogen-bond donors (Lipinski definition) is 1. The molecule has 1 aliphatic heterocycles. The number of rotatable bonds is 8. The third-order valence-corrected chi connectivity index (χ3v) is 3.45. The van der Waals surface area contributed by atoms with Gasteiger partial charge in [-0.15, -0.1) is 0 Å². The van der Waals surface area contributed by atoms with Crippen molar-refractivity contribution < 1.29 is 9.53 Å². The van der Waals surface area contributed by atoms with Crippen molar-refractivity contribution in [1.29, 1.82) is 0 Å². The lowest BCUT2D eigenvalue weighted by atomic mass is 10.1. The highest BCUT2D eigenvalue weighted by atomic mass is 16.5. The van der Waals surface area contributed by atoms with Gasteiger partial charge in [0.1, 0.15) is 0 Å². The van der Waals surface area contributed by atoms with Gasteiger partial charge in [-0.2, -0.15) is 0 Å². The molecule has 1 saturated heterocycles. The summed E-state index contributed by atoms with van der Waals surface area (Å²) in [7, 11) is 0. The second kappa shape index (κ2) is 7.85. The molecule has 1 heterocycles. The summed E-state index contributed by atoms with van der Waals surface area (Å²) < 4.78 is 5.61. The van der Waals surface area contributed by atoms with Crippen LogP contribution in [0.3, 0.4) is 0 Å². The molecule has 0 aromatic rings. The summed E-state index contributed by atoms with van der Waals surface area (Å²) in [5, 5.41) is 3.46. The van der Waals surface area contributed by atoms with E-state index >= 15 is 0 Å². The van der Waals surface area contributed by atoms with E-state index in [1.165, 1.54) is 0 Å². The Kier molecular flexibility index (Phi) is 6.80. The number of nitrogens with one attached hydrogen (secondary N) is 1. The number of nitrogens with zero attached hydrogens (tertiary/aromatic N) is 1. The van der Waals surface area contributed by atoms with Crippen LogP contribution in [0.1, 0.15) is 47.5 Å². The predicted octanol–water partition coefficient (Wildman–Crippen LogP) is 2.24. The third kappa shape index (κ3) is 4.77. The van der Waals surface area contributed by atoms with Crippen LogP contribution in [0.25, 0.3) is 0 Å². The van der Waals surface area contributed by atoms with Crippen molar-refractivity contribution in [3.05, 3.63) is 0 Å². The lowest BCUT2D eigenvalue weighted by Crippen LogP contribution is -2.39. The summed E-state index contributed by atoms with van der Waals surface area (Å²) in [6.07, 6.45) is 2.28. The highest BCUT2D eigenvalue weighted by Gasteiger charge is 2.39. The normalized spacial score (nSPS) is 23.9. The maximum Gasteiger partial charge on any atom is 0.241 e. The van der Waals surface area contributed by atoms with Crippen LogP contribution in [0.15, 0.2) is 0 Å². The predicted molar refractivity (Wildman–Crippen MR) is 77.8 cm³/mol. The molecule has 112 valence electrons. The van der Waals surface area contributed by atoms with E-state index in [1.807, 2.05) is 4.90 Å². The molecule has 1 fully saturated rings. The standard InChI is InChI=1S/C15H30N2O2/c1-6-7-13-16-14(12(4)5)15(18)17(13)8-9-19-10-11(2)3/h11-14,16H,6-10H2,1-5H3. The molecule has 0 aromatic carbocycles. The van der Waals surface area contributed by atoms with Crippen molar-refractivity contribution >= 4 is 5.91 Å². The number of carbonyl (C=O) groups is 1. The Morgan fingerprint density at radius 3 is 2.53 bits per heavy atom. The van der Waals surface area contributed by atoms with E-state index in [4.69, 9.17) is 4.74 Å². The molecule has 0 bridgehead atoms. The molecule has 0 saturated carbocycles. The van der Waals surface area contributed by atoms with Gasteiger partial charge < -0.3 is 9.64 Å². The second-order valence-corrected chi connectivity index (χ2v) is 6.19. The molecular weight excluding hydrogens is 240 g/mol. The first kappa shape index (κ1) is 16.4. The number of amides is 1. The molecule has 19 heavy (non-hydrogen) atoms. The van der Waals surface area contributed by atoms with Crippen molar-refractivity contribution in [3.8, 4) is 0 Å². The highest BCUT2D eigenvalue weighted by molar-refractivity contribution is 5.84. The summed E-state index contributed by atoms with van der Waals surface area (Å²) in [6, 6.07) is -0.0263. The zero-order valence-corrected chi connectivity index (χ0v) is 13.1. The fraction of sp³-hybridized carbons (Fsp3) is 0.933. The van der Waals surface area contributed by atoms with Crippen LogP contribution in [0.2, 0.25) is 0 Å². The number of ether oxygens (including phenoxy) is 1. The first-order chi connectivity index (χ1) is 8.97. The van der Waals surface area contributed by atoms with Gasteiger partial charge in [0.05, 0.1) is 18.8 Å². The minimum absolute atomic E-state index is 0.0263. The van der Waals surface area contributed by atoms with Crippen LogP contribution >= 0.6 is 0 Å². The SMILES string of the molecule is CCCC1NC(C(C)C)C(=O)N1CCOCC(C)C. The van der Waals surface area contributed by atoms with E-state index in [2.05, 4.69) is 39.9 Å². The van der Waals surface area contributed by atoms with Gasteiger partial charge in [-0.3, -0.25) is 10.1 Å². The van der Waals surface area contributed by atoms with Gasteiger partial charge in [-0.1, -0.05) is 41.0 Å². The molecule has 2 unspecified atom stereocenters. The first-order valence-corrected chi connectivity index (χ1v) is 7.61. The van der Waals surface area contributed by atoms with Crippen molar-refractivity contribution in [2.45, 2.75) is 59.7 Å². The maximum absolute atomic E-state index is 12.4. The van der Waals surface area contributed by atoms with Crippen LogP contribution in [-0.2, 0) is 9.53 Å². The van der Waals surface area contributed by atoms with E-state index in [-0.39, 0.29) is 18.1 Å². The van der Waals surface area contributed by atoms with E-state index in [1.54, 1.807) is 0 Å². The molecule has 0 aromatic heterocycles. The van der Waals surface area contributed by atoms with E-state index in [0.29, 0.717) is 25.0 Å². The molecule has 4 heteroatoms. The van der Waals surface area contributed by atoms with Crippen LogP contribution in [0.5, 0.6) is 0 Å². The lowest BCUT2D eigenvalue weighted by Gasteiger charge is -2.24. The van der Waals surface area contributed by atoms with Gasteiger partial charge in [0.15, 0.2) is 0 Å². The van der Waals surface area contributed by atoms with E-state index < -0.39 is 0 Å². The van der Waals surface area contributed by atoms with Gasteiger partial charge in [-0.05, 0) is 18.3 Å². The van der Waals surface area contributed by atoms with Crippen molar-refractivity contribution in [3.63, 3.8) is 0 Å². The summed E-state index contributed by atoms with van der Waals surface area (Å²) in [4.78, 5) is 14.3. The molecule has 1 aliphatic rings. The zero-order chi connectivity index (χ0) is 14.4. The Balaban J connectivity index is 2.49. The maximum atomic E-state index is 12.4. The summed E-state index contributed by atoms with van der Waals surface area (Å²) in [5.41, 5.74) is 0. The van der Waals surface area contributed by atoms with Gasteiger partial charge in [0.25, 0.3) is 0 Å². The molecule has 2 atom stereocenters. The molecule has 0 spiro atoms.